The first-order chi connectivity index (χ1) is 13.0. The molecule has 3 rings (SSSR count). The molecule has 9 heteroatoms. The molecule has 0 bridgehead atoms. The van der Waals surface area contributed by atoms with Crippen LogP contribution in [-0.2, 0) is 4.79 Å². The second-order valence-electron chi connectivity index (χ2n) is 6.79. The molecule has 2 aromatic rings. The highest BCUT2D eigenvalue weighted by molar-refractivity contribution is 7.99. The molecule has 0 radical (unpaired) electrons. The van der Waals surface area contributed by atoms with Crippen molar-refractivity contribution in [1.29, 1.82) is 5.26 Å². The van der Waals surface area contributed by atoms with Gasteiger partial charge in [-0.15, -0.1) is 10.2 Å². The van der Waals surface area contributed by atoms with Crippen molar-refractivity contribution in [1.82, 2.24) is 20.0 Å². The van der Waals surface area contributed by atoms with Crippen LogP contribution >= 0.6 is 11.8 Å². The monoisotopic (exact) mass is 389 g/mol. The molecule has 27 heavy (non-hydrogen) atoms. The van der Waals surface area contributed by atoms with Gasteiger partial charge in [-0.3, -0.25) is 9.69 Å². The number of aryl methyl sites for hydroxylation is 1. The molecule has 3 heterocycles. The molecule has 0 unspecified atom stereocenters. The fourth-order valence-electron chi connectivity index (χ4n) is 3.10. The highest BCUT2D eigenvalue weighted by atomic mass is 32.2. The summed E-state index contributed by atoms with van der Waals surface area (Å²) in [7, 11) is 0. The minimum absolute atomic E-state index is 0.0388. The standard InChI is InChI=1S/C18H23N5O3S/c1-12(2)15(10-19)22-5-7-23(8-6-22)16(24)11-27-18-21-20-17(26-18)14-4-9-25-13(14)3/h4,9,12,15H,5-8,11H2,1-3H3/t15-/m1/s1. The van der Waals surface area contributed by atoms with Crippen molar-refractivity contribution in [3.8, 4) is 17.5 Å². The van der Waals surface area contributed by atoms with E-state index in [0.717, 1.165) is 18.7 Å². The van der Waals surface area contributed by atoms with Gasteiger partial charge in [0, 0.05) is 26.2 Å². The lowest BCUT2D eigenvalue weighted by Gasteiger charge is -2.38. The number of nitrogens with zero attached hydrogens (tertiary/aromatic N) is 5. The van der Waals surface area contributed by atoms with Gasteiger partial charge in [-0.05, 0) is 18.9 Å². The van der Waals surface area contributed by atoms with Crippen molar-refractivity contribution in [3.05, 3.63) is 18.1 Å². The molecule has 1 aliphatic rings. The Balaban J connectivity index is 1.49. The van der Waals surface area contributed by atoms with E-state index in [1.54, 1.807) is 12.3 Å². The van der Waals surface area contributed by atoms with Gasteiger partial charge in [0.15, 0.2) is 0 Å². The zero-order chi connectivity index (χ0) is 19.4. The highest BCUT2D eigenvalue weighted by Gasteiger charge is 2.28. The lowest BCUT2D eigenvalue weighted by molar-refractivity contribution is -0.130. The van der Waals surface area contributed by atoms with Gasteiger partial charge in [-0.1, -0.05) is 25.6 Å². The Morgan fingerprint density at radius 3 is 2.67 bits per heavy atom. The lowest BCUT2D eigenvalue weighted by atomic mass is 10.0. The molecule has 0 aliphatic carbocycles. The molecule has 8 nitrogen and oxygen atoms in total. The number of carbonyl (C=O) groups excluding carboxylic acids is 1. The van der Waals surface area contributed by atoms with Crippen LogP contribution in [0.3, 0.4) is 0 Å². The van der Waals surface area contributed by atoms with Gasteiger partial charge in [-0.25, -0.2) is 0 Å². The first-order valence-electron chi connectivity index (χ1n) is 8.91. The minimum atomic E-state index is -0.0974. The zero-order valence-electron chi connectivity index (χ0n) is 15.7. The van der Waals surface area contributed by atoms with Crippen molar-refractivity contribution in [3.63, 3.8) is 0 Å². The summed E-state index contributed by atoms with van der Waals surface area (Å²) in [5.74, 6) is 1.66. The predicted octanol–water partition coefficient (Wildman–Crippen LogP) is 2.42. The van der Waals surface area contributed by atoms with Crippen molar-refractivity contribution in [2.45, 2.75) is 32.0 Å². The number of amides is 1. The number of aromatic nitrogens is 2. The second-order valence-corrected chi connectivity index (χ2v) is 7.71. The smallest absolute Gasteiger partial charge is 0.277 e. The maximum atomic E-state index is 12.5. The summed E-state index contributed by atoms with van der Waals surface area (Å²) in [6.45, 7) is 8.62. The van der Waals surface area contributed by atoms with Crippen molar-refractivity contribution < 1.29 is 13.6 Å². The Morgan fingerprint density at radius 1 is 1.33 bits per heavy atom. The van der Waals surface area contributed by atoms with Gasteiger partial charge in [-0.2, -0.15) is 5.26 Å². The number of thioether (sulfide) groups is 1. The van der Waals surface area contributed by atoms with E-state index < -0.39 is 0 Å². The molecule has 0 spiro atoms. The van der Waals surface area contributed by atoms with Gasteiger partial charge >= 0.3 is 0 Å². The zero-order valence-corrected chi connectivity index (χ0v) is 16.5. The third-order valence-electron chi connectivity index (χ3n) is 4.64. The Kier molecular flexibility index (Phi) is 6.19. The molecule has 1 atom stereocenters. The number of hydrogen-bond donors (Lipinski definition) is 0. The van der Waals surface area contributed by atoms with Gasteiger partial charge in [0.25, 0.3) is 11.1 Å². The number of piperazine rings is 1. The lowest BCUT2D eigenvalue weighted by Crippen LogP contribution is -2.53. The molecule has 2 aromatic heterocycles. The third kappa shape index (κ3) is 4.51. The van der Waals surface area contributed by atoms with E-state index in [0.29, 0.717) is 30.0 Å². The van der Waals surface area contributed by atoms with Crippen LogP contribution in [0.4, 0.5) is 0 Å². The predicted molar refractivity (Wildman–Crippen MR) is 99.9 cm³/mol. The van der Waals surface area contributed by atoms with Crippen LogP contribution in [0, 0.1) is 24.2 Å². The van der Waals surface area contributed by atoms with E-state index in [4.69, 9.17) is 8.83 Å². The Morgan fingerprint density at radius 2 is 2.07 bits per heavy atom. The number of hydrogen-bond acceptors (Lipinski definition) is 8. The van der Waals surface area contributed by atoms with E-state index in [1.165, 1.54) is 11.8 Å². The summed E-state index contributed by atoms with van der Waals surface area (Å²) in [6, 6.07) is 4.04. The minimum Gasteiger partial charge on any atom is -0.469 e. The first kappa shape index (κ1) is 19.5. The van der Waals surface area contributed by atoms with Crippen LogP contribution in [0.2, 0.25) is 0 Å². The van der Waals surface area contributed by atoms with Gasteiger partial charge < -0.3 is 13.7 Å². The van der Waals surface area contributed by atoms with Crippen LogP contribution < -0.4 is 0 Å². The van der Waals surface area contributed by atoms with Crippen LogP contribution in [0.1, 0.15) is 19.6 Å². The Hall–Kier alpha value is -2.31. The maximum absolute atomic E-state index is 12.5. The van der Waals surface area contributed by atoms with Gasteiger partial charge in [0.2, 0.25) is 5.91 Å². The van der Waals surface area contributed by atoms with Gasteiger partial charge in [0.1, 0.15) is 11.8 Å². The summed E-state index contributed by atoms with van der Waals surface area (Å²) in [5, 5.41) is 17.7. The normalized spacial score (nSPS) is 16.5. The van der Waals surface area contributed by atoms with E-state index >= 15 is 0 Å². The van der Waals surface area contributed by atoms with Crippen LogP contribution in [-0.4, -0.2) is 63.9 Å². The molecule has 0 saturated carbocycles. The van der Waals surface area contributed by atoms with E-state index in [9.17, 15) is 10.1 Å². The van der Waals surface area contributed by atoms with Gasteiger partial charge in [0.05, 0.1) is 23.6 Å². The fraction of sp³-hybridized carbons (Fsp3) is 0.556. The fourth-order valence-corrected chi connectivity index (χ4v) is 3.77. The molecule has 144 valence electrons. The molecule has 0 aromatic carbocycles. The molecule has 1 saturated heterocycles. The molecule has 1 fully saturated rings. The van der Waals surface area contributed by atoms with E-state index in [-0.39, 0.29) is 23.6 Å². The van der Waals surface area contributed by atoms with E-state index in [1.807, 2.05) is 25.7 Å². The molecular formula is C18H23N5O3S. The summed E-state index contributed by atoms with van der Waals surface area (Å²) in [5.41, 5.74) is 0.758. The van der Waals surface area contributed by atoms with Crippen LogP contribution in [0.5, 0.6) is 0 Å². The molecule has 0 N–H and O–H groups in total. The average molecular weight is 389 g/mol. The summed E-state index contributed by atoms with van der Waals surface area (Å²) in [4.78, 5) is 16.4. The first-order valence-corrected chi connectivity index (χ1v) is 9.90. The Bertz CT molecular complexity index is 817. The number of furan rings is 1. The SMILES string of the molecule is Cc1occc1-c1nnc(SCC(=O)N2CCN([C@H](C#N)C(C)C)CC2)o1. The largest absolute Gasteiger partial charge is 0.469 e. The summed E-state index contributed by atoms with van der Waals surface area (Å²) in [6.07, 6.45) is 1.57. The van der Waals surface area contributed by atoms with Crippen molar-refractivity contribution in [2.75, 3.05) is 31.9 Å². The second kappa shape index (κ2) is 8.59. The van der Waals surface area contributed by atoms with Crippen LogP contribution in [0.25, 0.3) is 11.5 Å². The molecular weight excluding hydrogens is 366 g/mol. The summed E-state index contributed by atoms with van der Waals surface area (Å²) < 4.78 is 10.8. The average Bonchev–Trinajstić information content (AvgIpc) is 3.29. The number of rotatable bonds is 6. The Labute approximate surface area is 162 Å². The number of nitriles is 1. The van der Waals surface area contributed by atoms with Crippen molar-refractivity contribution >= 4 is 17.7 Å². The van der Waals surface area contributed by atoms with E-state index in [2.05, 4.69) is 21.2 Å². The summed E-state index contributed by atoms with van der Waals surface area (Å²) >= 11 is 1.23. The molecule has 1 amide bonds. The highest BCUT2D eigenvalue weighted by Crippen LogP contribution is 2.26. The topological polar surface area (TPSA) is 99.4 Å². The maximum Gasteiger partial charge on any atom is 0.277 e. The molecule has 1 aliphatic heterocycles. The van der Waals surface area contributed by atoms with Crippen molar-refractivity contribution in [2.24, 2.45) is 5.92 Å². The number of carbonyl (C=O) groups is 1. The quantitative estimate of drug-likeness (QED) is 0.695. The van der Waals surface area contributed by atoms with Crippen LogP contribution in [0.15, 0.2) is 26.4 Å². The third-order valence-corrected chi connectivity index (χ3v) is 5.44.